The molecule has 0 saturated carbocycles. The molecular formula is C11H13N3O2S. The number of aromatic nitrogens is 2. The van der Waals surface area contributed by atoms with Gasteiger partial charge in [-0.3, -0.25) is 5.10 Å². The van der Waals surface area contributed by atoms with Crippen LogP contribution in [0.25, 0.3) is 11.3 Å². The molecule has 0 spiro atoms. The van der Waals surface area contributed by atoms with Crippen LogP contribution >= 0.6 is 0 Å². The highest BCUT2D eigenvalue weighted by atomic mass is 32.2. The lowest BCUT2D eigenvalue weighted by Crippen LogP contribution is -2.12. The van der Waals surface area contributed by atoms with Gasteiger partial charge in [-0.05, 0) is 12.0 Å². The number of sulfonamides is 1. The monoisotopic (exact) mass is 251 g/mol. The zero-order chi connectivity index (χ0) is 12.5. The summed E-state index contributed by atoms with van der Waals surface area (Å²) in [6.07, 6.45) is 2.16. The molecule has 90 valence electrons. The lowest BCUT2D eigenvalue weighted by molar-refractivity contribution is 0.598. The van der Waals surface area contributed by atoms with Crippen LogP contribution in [-0.4, -0.2) is 18.6 Å². The standard InChI is InChI=1S/C11H13N3O2S/c1-2-8-3-5-9(6-4-8)11-10(7-13-14-11)17(12,15)16/h3-7H,2H2,1H3,(H,13,14)(H2,12,15,16). The first kappa shape index (κ1) is 11.8. The van der Waals surface area contributed by atoms with Crippen molar-refractivity contribution in [2.45, 2.75) is 18.2 Å². The molecule has 1 heterocycles. The first-order valence-corrected chi connectivity index (χ1v) is 6.72. The Balaban J connectivity index is 2.50. The smallest absolute Gasteiger partial charge is 0.241 e. The van der Waals surface area contributed by atoms with Crippen LogP contribution in [0.3, 0.4) is 0 Å². The molecular weight excluding hydrogens is 238 g/mol. The third-order valence-electron chi connectivity index (χ3n) is 2.56. The van der Waals surface area contributed by atoms with Crippen molar-refractivity contribution in [1.82, 2.24) is 10.2 Å². The van der Waals surface area contributed by atoms with E-state index in [1.165, 1.54) is 11.8 Å². The molecule has 0 bridgehead atoms. The van der Waals surface area contributed by atoms with Gasteiger partial charge in [0.2, 0.25) is 10.0 Å². The Morgan fingerprint density at radius 3 is 2.47 bits per heavy atom. The Kier molecular flexibility index (Phi) is 2.99. The summed E-state index contributed by atoms with van der Waals surface area (Å²) in [5.74, 6) is 0. The zero-order valence-electron chi connectivity index (χ0n) is 9.34. The number of primary sulfonamides is 1. The predicted molar refractivity (Wildman–Crippen MR) is 64.8 cm³/mol. The van der Waals surface area contributed by atoms with E-state index in [4.69, 9.17) is 5.14 Å². The van der Waals surface area contributed by atoms with E-state index >= 15 is 0 Å². The van der Waals surface area contributed by atoms with E-state index in [1.807, 2.05) is 24.3 Å². The number of H-pyrrole nitrogens is 1. The fourth-order valence-electron chi connectivity index (χ4n) is 1.60. The fraction of sp³-hybridized carbons (Fsp3) is 0.182. The maximum Gasteiger partial charge on any atom is 0.241 e. The molecule has 0 saturated heterocycles. The molecule has 0 aliphatic heterocycles. The van der Waals surface area contributed by atoms with E-state index in [2.05, 4.69) is 17.1 Å². The second kappa shape index (κ2) is 4.31. The summed E-state index contributed by atoms with van der Waals surface area (Å²) in [7, 11) is -3.75. The summed E-state index contributed by atoms with van der Waals surface area (Å²) in [5.41, 5.74) is 2.37. The molecule has 17 heavy (non-hydrogen) atoms. The van der Waals surface area contributed by atoms with Crippen molar-refractivity contribution in [3.05, 3.63) is 36.0 Å². The average molecular weight is 251 g/mol. The molecule has 0 fully saturated rings. The minimum absolute atomic E-state index is 0.0155. The maximum absolute atomic E-state index is 11.3. The molecule has 3 N–H and O–H groups in total. The SMILES string of the molecule is CCc1ccc(-c2[nH]ncc2S(N)(=O)=O)cc1. The Morgan fingerprint density at radius 1 is 1.29 bits per heavy atom. The molecule has 0 radical (unpaired) electrons. The Bertz CT molecular complexity index is 614. The van der Waals surface area contributed by atoms with Gasteiger partial charge in [0.1, 0.15) is 4.90 Å². The van der Waals surface area contributed by atoms with E-state index < -0.39 is 10.0 Å². The van der Waals surface area contributed by atoms with E-state index in [9.17, 15) is 8.42 Å². The van der Waals surface area contributed by atoms with Crippen molar-refractivity contribution < 1.29 is 8.42 Å². The number of hydrogen-bond acceptors (Lipinski definition) is 3. The minimum Gasteiger partial charge on any atom is -0.276 e. The largest absolute Gasteiger partial charge is 0.276 e. The molecule has 1 aromatic heterocycles. The number of nitrogens with two attached hydrogens (primary N) is 1. The van der Waals surface area contributed by atoms with Gasteiger partial charge in [-0.2, -0.15) is 5.10 Å². The van der Waals surface area contributed by atoms with Crippen LogP contribution in [0, 0.1) is 0 Å². The van der Waals surface area contributed by atoms with Crippen LogP contribution in [0.4, 0.5) is 0 Å². The summed E-state index contributed by atoms with van der Waals surface area (Å²) in [5, 5.41) is 11.5. The normalized spacial score (nSPS) is 11.6. The average Bonchev–Trinajstić information content (AvgIpc) is 2.78. The molecule has 0 amide bonds. The number of nitrogens with one attached hydrogen (secondary N) is 1. The predicted octanol–water partition coefficient (Wildman–Crippen LogP) is 1.29. The molecule has 5 nitrogen and oxygen atoms in total. The van der Waals surface area contributed by atoms with Gasteiger partial charge in [-0.25, -0.2) is 13.6 Å². The van der Waals surface area contributed by atoms with Crippen LogP contribution in [0.15, 0.2) is 35.4 Å². The minimum atomic E-state index is -3.75. The summed E-state index contributed by atoms with van der Waals surface area (Å²) < 4.78 is 22.7. The topological polar surface area (TPSA) is 88.8 Å². The quantitative estimate of drug-likeness (QED) is 0.861. The Labute approximate surface area is 99.7 Å². The molecule has 0 unspecified atom stereocenters. The van der Waals surface area contributed by atoms with Crippen molar-refractivity contribution in [3.8, 4) is 11.3 Å². The molecule has 0 aliphatic carbocycles. The highest BCUT2D eigenvalue weighted by molar-refractivity contribution is 7.89. The number of hydrogen-bond donors (Lipinski definition) is 2. The van der Waals surface area contributed by atoms with Gasteiger partial charge in [0.25, 0.3) is 0 Å². The van der Waals surface area contributed by atoms with Crippen molar-refractivity contribution in [2.75, 3.05) is 0 Å². The Morgan fingerprint density at radius 2 is 1.94 bits per heavy atom. The molecule has 0 atom stereocenters. The first-order valence-electron chi connectivity index (χ1n) is 5.18. The second-order valence-electron chi connectivity index (χ2n) is 3.70. The maximum atomic E-state index is 11.3. The van der Waals surface area contributed by atoms with Gasteiger partial charge in [-0.1, -0.05) is 31.2 Å². The lowest BCUT2D eigenvalue weighted by Gasteiger charge is -2.02. The third-order valence-corrected chi connectivity index (χ3v) is 3.48. The number of nitrogens with zero attached hydrogens (tertiary/aromatic N) is 1. The third kappa shape index (κ3) is 2.37. The molecule has 0 aliphatic rings. The summed E-state index contributed by atoms with van der Waals surface area (Å²) in [4.78, 5) is 0.0155. The van der Waals surface area contributed by atoms with E-state index in [0.29, 0.717) is 5.69 Å². The summed E-state index contributed by atoms with van der Waals surface area (Å²) >= 11 is 0. The lowest BCUT2D eigenvalue weighted by atomic mass is 10.1. The van der Waals surface area contributed by atoms with Crippen LogP contribution in [-0.2, 0) is 16.4 Å². The van der Waals surface area contributed by atoms with Gasteiger partial charge >= 0.3 is 0 Å². The first-order chi connectivity index (χ1) is 8.02. The van der Waals surface area contributed by atoms with Crippen LogP contribution in [0.2, 0.25) is 0 Å². The fourth-order valence-corrected chi connectivity index (χ4v) is 2.25. The van der Waals surface area contributed by atoms with Crippen molar-refractivity contribution in [2.24, 2.45) is 5.14 Å². The van der Waals surface area contributed by atoms with E-state index in [-0.39, 0.29) is 4.90 Å². The van der Waals surface area contributed by atoms with Crippen molar-refractivity contribution in [3.63, 3.8) is 0 Å². The highest BCUT2D eigenvalue weighted by Gasteiger charge is 2.17. The molecule has 6 heteroatoms. The van der Waals surface area contributed by atoms with Gasteiger partial charge < -0.3 is 0 Å². The van der Waals surface area contributed by atoms with Gasteiger partial charge in [0.05, 0.1) is 11.9 Å². The van der Waals surface area contributed by atoms with E-state index in [1.54, 1.807) is 0 Å². The highest BCUT2D eigenvalue weighted by Crippen LogP contribution is 2.24. The molecule has 2 aromatic rings. The Hall–Kier alpha value is -1.66. The van der Waals surface area contributed by atoms with Gasteiger partial charge in [0, 0.05) is 5.56 Å². The zero-order valence-corrected chi connectivity index (χ0v) is 10.2. The van der Waals surface area contributed by atoms with Gasteiger partial charge in [0.15, 0.2) is 0 Å². The van der Waals surface area contributed by atoms with Crippen molar-refractivity contribution in [1.29, 1.82) is 0 Å². The van der Waals surface area contributed by atoms with Crippen LogP contribution < -0.4 is 5.14 Å². The van der Waals surface area contributed by atoms with Gasteiger partial charge in [-0.15, -0.1) is 0 Å². The molecule has 2 rings (SSSR count). The number of benzene rings is 1. The van der Waals surface area contributed by atoms with Crippen LogP contribution in [0.5, 0.6) is 0 Å². The number of aromatic amines is 1. The number of rotatable bonds is 3. The van der Waals surface area contributed by atoms with Crippen molar-refractivity contribution >= 4 is 10.0 Å². The molecule has 1 aromatic carbocycles. The van der Waals surface area contributed by atoms with Crippen LogP contribution in [0.1, 0.15) is 12.5 Å². The summed E-state index contributed by atoms with van der Waals surface area (Å²) in [6, 6.07) is 7.59. The van der Waals surface area contributed by atoms with E-state index in [0.717, 1.165) is 12.0 Å². The second-order valence-corrected chi connectivity index (χ2v) is 5.23. The summed E-state index contributed by atoms with van der Waals surface area (Å²) in [6.45, 7) is 2.06. The number of aryl methyl sites for hydroxylation is 1.